The molecule has 0 N–H and O–H groups in total. The fraction of sp³-hybridized carbons (Fsp3) is 0.312. The minimum Gasteiger partial charge on any atom is -0.464 e. The highest BCUT2D eigenvalue weighted by Gasteiger charge is 2.18. The Bertz CT molecular complexity index is 689. The lowest BCUT2D eigenvalue weighted by atomic mass is 10.1. The predicted octanol–water partition coefficient (Wildman–Crippen LogP) is 2.34. The Morgan fingerprint density at radius 2 is 1.90 bits per heavy atom. The van der Waals surface area contributed by atoms with Gasteiger partial charge in [-0.2, -0.15) is 5.10 Å². The van der Waals surface area contributed by atoms with Crippen LogP contribution in [0.4, 0.5) is 0 Å². The smallest absolute Gasteiger partial charge is 0.330 e. The monoisotopic (exact) mass is 286 g/mol. The molecule has 1 aromatic carbocycles. The molecule has 0 saturated heterocycles. The summed E-state index contributed by atoms with van der Waals surface area (Å²) >= 11 is 0. The maximum Gasteiger partial charge on any atom is 0.330 e. The van der Waals surface area contributed by atoms with Gasteiger partial charge in [-0.25, -0.2) is 9.48 Å². The molecule has 5 nitrogen and oxygen atoms in total. The molecule has 0 spiro atoms. The molecule has 1 heterocycles. The molecule has 0 radical (unpaired) electrons. The summed E-state index contributed by atoms with van der Waals surface area (Å²) in [6, 6.07) is 10.1. The average molecular weight is 286 g/mol. The second kappa shape index (κ2) is 6.35. The molecule has 0 unspecified atom stereocenters. The number of carbonyl (C=O) groups excluding carboxylic acids is 1. The van der Waals surface area contributed by atoms with Crippen molar-refractivity contribution < 1.29 is 9.53 Å². The first-order valence-corrected chi connectivity index (χ1v) is 6.86. The molecule has 0 aliphatic heterocycles. The third-order valence-electron chi connectivity index (χ3n) is 3.17. The van der Waals surface area contributed by atoms with Crippen molar-refractivity contribution >= 4 is 5.97 Å². The van der Waals surface area contributed by atoms with E-state index in [1.165, 1.54) is 6.07 Å². The first-order valence-electron chi connectivity index (χ1n) is 6.86. The topological polar surface area (TPSA) is 61.2 Å². The molecule has 0 fully saturated rings. The van der Waals surface area contributed by atoms with Crippen LogP contribution in [0.2, 0.25) is 0 Å². The molecule has 0 aliphatic carbocycles. The van der Waals surface area contributed by atoms with E-state index < -0.39 is 12.0 Å². The van der Waals surface area contributed by atoms with Crippen molar-refractivity contribution in [3.8, 4) is 11.3 Å². The van der Waals surface area contributed by atoms with Crippen molar-refractivity contribution in [3.05, 3.63) is 52.3 Å². The zero-order valence-corrected chi connectivity index (χ0v) is 12.4. The van der Waals surface area contributed by atoms with Crippen LogP contribution in [0.1, 0.15) is 25.5 Å². The van der Waals surface area contributed by atoms with E-state index in [1.54, 1.807) is 19.9 Å². The third-order valence-corrected chi connectivity index (χ3v) is 3.17. The number of hydrogen-bond donors (Lipinski definition) is 0. The van der Waals surface area contributed by atoms with Crippen LogP contribution in [0.15, 0.2) is 41.2 Å². The van der Waals surface area contributed by atoms with Gasteiger partial charge in [0.05, 0.1) is 12.3 Å². The van der Waals surface area contributed by atoms with Gasteiger partial charge in [-0.15, -0.1) is 0 Å². The Kier molecular flexibility index (Phi) is 4.52. The lowest BCUT2D eigenvalue weighted by Gasteiger charge is -2.13. The number of benzene rings is 1. The summed E-state index contributed by atoms with van der Waals surface area (Å²) in [6.45, 7) is 5.60. The van der Waals surface area contributed by atoms with Crippen LogP contribution in [0, 0.1) is 6.92 Å². The van der Waals surface area contributed by atoms with Crippen molar-refractivity contribution in [2.45, 2.75) is 26.8 Å². The Hall–Kier alpha value is -2.43. The highest BCUT2D eigenvalue weighted by Crippen LogP contribution is 2.16. The summed E-state index contributed by atoms with van der Waals surface area (Å²) in [5, 5.41) is 4.28. The average Bonchev–Trinajstić information content (AvgIpc) is 2.48. The summed E-state index contributed by atoms with van der Waals surface area (Å²) < 4.78 is 6.10. The third kappa shape index (κ3) is 3.37. The molecular weight excluding hydrogens is 268 g/mol. The van der Waals surface area contributed by atoms with E-state index in [4.69, 9.17) is 4.74 Å². The van der Waals surface area contributed by atoms with Crippen LogP contribution >= 0.6 is 0 Å². The molecule has 0 saturated carbocycles. The van der Waals surface area contributed by atoms with Crippen molar-refractivity contribution in [1.82, 2.24) is 9.78 Å². The summed E-state index contributed by atoms with van der Waals surface area (Å²) in [4.78, 5) is 23.7. The van der Waals surface area contributed by atoms with Gasteiger partial charge < -0.3 is 4.74 Å². The molecule has 1 aromatic heterocycles. The van der Waals surface area contributed by atoms with Crippen molar-refractivity contribution in [2.24, 2.45) is 0 Å². The van der Waals surface area contributed by atoms with E-state index in [9.17, 15) is 9.59 Å². The fourth-order valence-corrected chi connectivity index (χ4v) is 1.94. The summed E-state index contributed by atoms with van der Waals surface area (Å²) in [5.41, 5.74) is 2.36. The molecule has 2 aromatic rings. The molecule has 0 amide bonds. The van der Waals surface area contributed by atoms with Crippen LogP contribution in [-0.4, -0.2) is 22.4 Å². The number of esters is 1. The van der Waals surface area contributed by atoms with E-state index in [-0.39, 0.29) is 12.2 Å². The zero-order valence-electron chi connectivity index (χ0n) is 12.4. The number of nitrogens with zero attached hydrogens (tertiary/aromatic N) is 2. The molecule has 2 rings (SSSR count). The zero-order chi connectivity index (χ0) is 15.4. The van der Waals surface area contributed by atoms with E-state index in [0.29, 0.717) is 5.69 Å². The Balaban J connectivity index is 2.39. The Morgan fingerprint density at radius 3 is 2.52 bits per heavy atom. The van der Waals surface area contributed by atoms with E-state index in [2.05, 4.69) is 5.10 Å². The predicted molar refractivity (Wildman–Crippen MR) is 80.0 cm³/mol. The standard InChI is InChI=1S/C16H18N2O3/c1-4-21-16(20)12(3)18-15(19)10-9-14(17-18)13-7-5-11(2)6-8-13/h5-10,12H,4H2,1-3H3/t12-/m1/s1. The van der Waals surface area contributed by atoms with Crippen molar-refractivity contribution in [2.75, 3.05) is 6.61 Å². The lowest BCUT2D eigenvalue weighted by molar-refractivity contribution is -0.147. The highest BCUT2D eigenvalue weighted by atomic mass is 16.5. The van der Waals surface area contributed by atoms with Gasteiger partial charge in [-0.05, 0) is 26.8 Å². The molecule has 21 heavy (non-hydrogen) atoms. The first-order chi connectivity index (χ1) is 10.0. The largest absolute Gasteiger partial charge is 0.464 e. The van der Waals surface area contributed by atoms with Crippen LogP contribution < -0.4 is 5.56 Å². The van der Waals surface area contributed by atoms with Crippen LogP contribution in [0.25, 0.3) is 11.3 Å². The lowest BCUT2D eigenvalue weighted by Crippen LogP contribution is -2.31. The molecule has 5 heteroatoms. The summed E-state index contributed by atoms with van der Waals surface area (Å²) in [5.74, 6) is -0.465. The van der Waals surface area contributed by atoms with Gasteiger partial charge in [-0.3, -0.25) is 4.79 Å². The Morgan fingerprint density at radius 1 is 1.24 bits per heavy atom. The number of rotatable bonds is 4. The van der Waals surface area contributed by atoms with Gasteiger partial charge in [0.15, 0.2) is 6.04 Å². The number of ether oxygens (including phenoxy) is 1. The number of hydrogen-bond acceptors (Lipinski definition) is 4. The van der Waals surface area contributed by atoms with Gasteiger partial charge in [0.25, 0.3) is 5.56 Å². The first kappa shape index (κ1) is 15.0. The normalized spacial score (nSPS) is 12.0. The van der Waals surface area contributed by atoms with Gasteiger partial charge in [-0.1, -0.05) is 29.8 Å². The summed E-state index contributed by atoms with van der Waals surface area (Å²) in [6.07, 6.45) is 0. The summed E-state index contributed by atoms with van der Waals surface area (Å²) in [7, 11) is 0. The van der Waals surface area contributed by atoms with E-state index in [1.807, 2.05) is 31.2 Å². The van der Waals surface area contributed by atoms with Crippen LogP contribution in [-0.2, 0) is 9.53 Å². The maximum absolute atomic E-state index is 11.9. The molecule has 0 aliphatic rings. The number of aromatic nitrogens is 2. The molecular formula is C16H18N2O3. The minimum absolute atomic E-state index is 0.273. The Labute approximate surface area is 123 Å². The van der Waals surface area contributed by atoms with Crippen LogP contribution in [0.3, 0.4) is 0 Å². The van der Waals surface area contributed by atoms with Gasteiger partial charge in [0.2, 0.25) is 0 Å². The molecule has 110 valence electrons. The van der Waals surface area contributed by atoms with E-state index >= 15 is 0 Å². The number of carbonyl (C=O) groups is 1. The highest BCUT2D eigenvalue weighted by molar-refractivity contribution is 5.73. The molecule has 1 atom stereocenters. The molecule has 0 bridgehead atoms. The van der Waals surface area contributed by atoms with Gasteiger partial charge >= 0.3 is 5.97 Å². The van der Waals surface area contributed by atoms with Crippen molar-refractivity contribution in [1.29, 1.82) is 0 Å². The second-order valence-corrected chi connectivity index (χ2v) is 4.80. The second-order valence-electron chi connectivity index (χ2n) is 4.80. The van der Waals surface area contributed by atoms with Crippen LogP contribution in [0.5, 0.6) is 0 Å². The van der Waals surface area contributed by atoms with E-state index in [0.717, 1.165) is 15.8 Å². The quantitative estimate of drug-likeness (QED) is 0.809. The minimum atomic E-state index is -0.747. The van der Waals surface area contributed by atoms with Gasteiger partial charge in [0, 0.05) is 11.6 Å². The van der Waals surface area contributed by atoms with Gasteiger partial charge in [0.1, 0.15) is 0 Å². The maximum atomic E-state index is 11.9. The fourth-order valence-electron chi connectivity index (χ4n) is 1.94. The SMILES string of the molecule is CCOC(=O)[C@@H](C)n1nc(-c2ccc(C)cc2)ccc1=O. The van der Waals surface area contributed by atoms with Crippen molar-refractivity contribution in [3.63, 3.8) is 0 Å². The number of aryl methyl sites for hydroxylation is 1.